The molecule has 1 aliphatic carbocycles. The second-order valence-corrected chi connectivity index (χ2v) is 7.29. The molecule has 0 unspecified atom stereocenters. The zero-order chi connectivity index (χ0) is 14.3. The number of carbonyl (C=O) groups is 1. The van der Waals surface area contributed by atoms with Gasteiger partial charge in [0, 0.05) is 11.5 Å². The van der Waals surface area contributed by atoms with Crippen molar-refractivity contribution in [2.24, 2.45) is 11.0 Å². The van der Waals surface area contributed by atoms with Gasteiger partial charge in [0.25, 0.3) is 0 Å². The fourth-order valence-corrected chi connectivity index (χ4v) is 3.83. The molecule has 1 saturated carbocycles. The maximum Gasteiger partial charge on any atom is 0.327 e. The third kappa shape index (κ3) is 2.54. The van der Waals surface area contributed by atoms with Crippen molar-refractivity contribution in [3.63, 3.8) is 0 Å². The summed E-state index contributed by atoms with van der Waals surface area (Å²) in [5.41, 5.74) is 3.02. The molecule has 0 saturated heterocycles. The number of rotatable bonds is 4. The van der Waals surface area contributed by atoms with E-state index >= 15 is 0 Å². The molecule has 1 aromatic rings. The average molecular weight is 355 g/mol. The Labute approximate surface area is 130 Å². The third-order valence-electron chi connectivity index (χ3n) is 3.33. The van der Waals surface area contributed by atoms with Gasteiger partial charge in [-0.3, -0.25) is 9.80 Å². The molecule has 0 bridgehead atoms. The largest absolute Gasteiger partial charge is 0.465 e. The zero-order valence-corrected chi connectivity index (χ0v) is 13.6. The molecule has 2 aliphatic rings. The van der Waals surface area contributed by atoms with Crippen LogP contribution in [0.4, 0.5) is 0 Å². The normalized spacial score (nSPS) is 17.8. The highest BCUT2D eigenvalue weighted by Gasteiger charge is 2.35. The van der Waals surface area contributed by atoms with Crippen molar-refractivity contribution in [1.29, 1.82) is 0 Å². The van der Waals surface area contributed by atoms with Crippen LogP contribution in [0.1, 0.15) is 30.2 Å². The van der Waals surface area contributed by atoms with E-state index in [2.05, 4.69) is 33.7 Å². The second kappa shape index (κ2) is 5.33. The Hall–Kier alpha value is -1.14. The van der Waals surface area contributed by atoms with Gasteiger partial charge in [-0.25, -0.2) is 0 Å². The van der Waals surface area contributed by atoms with E-state index in [-0.39, 0.29) is 12.5 Å². The molecule has 6 heteroatoms. The Morgan fingerprint density at radius 1 is 1.65 bits per heavy atom. The number of thiophene rings is 1. The summed E-state index contributed by atoms with van der Waals surface area (Å²) in [6.07, 6.45) is 2.34. The van der Waals surface area contributed by atoms with E-state index in [0.29, 0.717) is 12.5 Å². The first kappa shape index (κ1) is 13.8. The quantitative estimate of drug-likeness (QED) is 0.777. The maximum absolute atomic E-state index is 11.7. The van der Waals surface area contributed by atoms with Crippen molar-refractivity contribution in [3.05, 3.63) is 26.9 Å². The van der Waals surface area contributed by atoms with Crippen molar-refractivity contribution in [2.45, 2.75) is 19.8 Å². The fraction of sp³-hybridized carbons (Fsp3) is 0.429. The third-order valence-corrected chi connectivity index (χ3v) is 5.02. The molecule has 3 rings (SSSR count). The Morgan fingerprint density at radius 3 is 3.05 bits per heavy atom. The Balaban J connectivity index is 1.91. The summed E-state index contributed by atoms with van der Waals surface area (Å²) in [6, 6.07) is 2.10. The van der Waals surface area contributed by atoms with Crippen LogP contribution in [0.5, 0.6) is 0 Å². The van der Waals surface area contributed by atoms with Crippen molar-refractivity contribution >= 4 is 44.6 Å². The molecule has 0 radical (unpaired) electrons. The SMILES string of the molecule is C=C1c2sc(Br)cc2C(C2CC2)=NN1CC(=O)OCC. The van der Waals surface area contributed by atoms with Crippen LogP contribution in [0.3, 0.4) is 0 Å². The standard InChI is InChI=1S/C14H15BrN2O2S/c1-3-19-12(18)7-17-8(2)14-10(6-11(15)20-14)13(16-17)9-4-5-9/h6,9H,2-5,7H2,1H3. The van der Waals surface area contributed by atoms with Crippen LogP contribution in [0, 0.1) is 5.92 Å². The minimum absolute atomic E-state index is 0.123. The predicted octanol–water partition coefficient (Wildman–Crippen LogP) is 3.47. The summed E-state index contributed by atoms with van der Waals surface area (Å²) in [7, 11) is 0. The van der Waals surface area contributed by atoms with Gasteiger partial charge in [0.1, 0.15) is 6.54 Å². The van der Waals surface area contributed by atoms with E-state index in [9.17, 15) is 4.79 Å². The number of hydrogen-bond acceptors (Lipinski definition) is 5. The van der Waals surface area contributed by atoms with Gasteiger partial charge in [0.2, 0.25) is 0 Å². The first-order valence-electron chi connectivity index (χ1n) is 6.60. The monoisotopic (exact) mass is 354 g/mol. The first-order valence-corrected chi connectivity index (χ1v) is 8.21. The Bertz CT molecular complexity index is 604. The smallest absolute Gasteiger partial charge is 0.327 e. The van der Waals surface area contributed by atoms with Crippen LogP contribution in [0.25, 0.3) is 5.70 Å². The van der Waals surface area contributed by atoms with Gasteiger partial charge in [-0.15, -0.1) is 11.3 Å². The number of hydrogen-bond donors (Lipinski definition) is 0. The molecule has 1 aromatic heterocycles. The molecular formula is C14H15BrN2O2S. The van der Waals surface area contributed by atoms with Crippen LogP contribution in [0.2, 0.25) is 0 Å². The number of carbonyl (C=O) groups excluding carboxylic acids is 1. The molecular weight excluding hydrogens is 340 g/mol. The highest BCUT2D eigenvalue weighted by molar-refractivity contribution is 9.11. The van der Waals surface area contributed by atoms with E-state index < -0.39 is 0 Å². The topological polar surface area (TPSA) is 41.9 Å². The molecule has 0 N–H and O–H groups in total. The highest BCUT2D eigenvalue weighted by Crippen LogP contribution is 2.43. The molecule has 106 valence electrons. The van der Waals surface area contributed by atoms with Crippen molar-refractivity contribution in [1.82, 2.24) is 5.01 Å². The fourth-order valence-electron chi connectivity index (χ4n) is 2.25. The molecule has 0 atom stereocenters. The second-order valence-electron chi connectivity index (χ2n) is 4.86. The molecule has 0 amide bonds. The number of halogens is 1. The van der Waals surface area contributed by atoms with Gasteiger partial charge >= 0.3 is 5.97 Å². The van der Waals surface area contributed by atoms with E-state index in [4.69, 9.17) is 4.74 Å². The lowest BCUT2D eigenvalue weighted by Gasteiger charge is -2.26. The summed E-state index contributed by atoms with van der Waals surface area (Å²) >= 11 is 5.16. The van der Waals surface area contributed by atoms with Gasteiger partial charge in [-0.1, -0.05) is 6.58 Å². The number of ether oxygens (including phenoxy) is 1. The Morgan fingerprint density at radius 2 is 2.40 bits per heavy atom. The molecule has 1 fully saturated rings. The average Bonchev–Trinajstić information content (AvgIpc) is 3.15. The van der Waals surface area contributed by atoms with Gasteiger partial charge < -0.3 is 4.74 Å². The van der Waals surface area contributed by atoms with Crippen molar-refractivity contribution < 1.29 is 9.53 Å². The van der Waals surface area contributed by atoms with Gasteiger partial charge in [0.15, 0.2) is 0 Å². The lowest BCUT2D eigenvalue weighted by molar-refractivity contribution is -0.143. The number of fused-ring (bicyclic) bond motifs is 1. The van der Waals surface area contributed by atoms with Crippen LogP contribution < -0.4 is 0 Å². The molecule has 1 aliphatic heterocycles. The van der Waals surface area contributed by atoms with Gasteiger partial charge in [-0.05, 0) is 41.8 Å². The summed E-state index contributed by atoms with van der Waals surface area (Å²) in [6.45, 7) is 6.39. The number of nitrogens with zero attached hydrogens (tertiary/aromatic N) is 2. The molecule has 0 aromatic carbocycles. The molecule has 20 heavy (non-hydrogen) atoms. The summed E-state index contributed by atoms with van der Waals surface area (Å²) in [4.78, 5) is 12.8. The zero-order valence-electron chi connectivity index (χ0n) is 11.2. The minimum Gasteiger partial charge on any atom is -0.465 e. The minimum atomic E-state index is -0.272. The van der Waals surface area contributed by atoms with Crippen LogP contribution >= 0.6 is 27.3 Å². The molecule has 0 spiro atoms. The predicted molar refractivity (Wildman–Crippen MR) is 83.7 cm³/mol. The van der Waals surface area contributed by atoms with E-state index in [1.807, 2.05) is 0 Å². The van der Waals surface area contributed by atoms with Gasteiger partial charge in [0.05, 0.1) is 26.7 Å². The van der Waals surface area contributed by atoms with Crippen molar-refractivity contribution in [3.8, 4) is 0 Å². The number of hydrazone groups is 1. The maximum atomic E-state index is 11.7. The molecule has 4 nitrogen and oxygen atoms in total. The number of esters is 1. The van der Waals surface area contributed by atoms with Crippen LogP contribution in [-0.4, -0.2) is 29.8 Å². The lowest BCUT2D eigenvalue weighted by atomic mass is 10.0. The lowest BCUT2D eigenvalue weighted by Crippen LogP contribution is -2.30. The summed E-state index contributed by atoms with van der Waals surface area (Å²) in [5.74, 6) is 0.250. The van der Waals surface area contributed by atoms with E-state index in [0.717, 1.165) is 25.6 Å². The van der Waals surface area contributed by atoms with Crippen molar-refractivity contribution in [2.75, 3.05) is 13.2 Å². The van der Waals surface area contributed by atoms with Crippen LogP contribution in [-0.2, 0) is 9.53 Å². The van der Waals surface area contributed by atoms with Gasteiger partial charge in [-0.2, -0.15) is 5.10 Å². The first-order chi connectivity index (χ1) is 9.60. The van der Waals surface area contributed by atoms with E-state index in [1.165, 1.54) is 12.8 Å². The van der Waals surface area contributed by atoms with E-state index in [1.54, 1.807) is 23.3 Å². The summed E-state index contributed by atoms with van der Waals surface area (Å²) < 4.78 is 6.07. The highest BCUT2D eigenvalue weighted by atomic mass is 79.9. The Kier molecular flexibility index (Phi) is 3.69. The van der Waals surface area contributed by atoms with Crippen LogP contribution in [0.15, 0.2) is 21.5 Å². The summed E-state index contributed by atoms with van der Waals surface area (Å²) in [5, 5.41) is 6.31. The molecule has 2 heterocycles.